The van der Waals surface area contributed by atoms with Gasteiger partial charge in [0.25, 0.3) is 16.0 Å². The van der Waals surface area contributed by atoms with Gasteiger partial charge >= 0.3 is 0 Å². The SMILES string of the molecule is COc1cccc(O)c1C(=O)NC[C@]1(c2ccccc2)CC[C@@H](OS(C)(=O)=O)CC1. The number of methoxy groups -OCH3 is 1. The van der Waals surface area contributed by atoms with Crippen molar-refractivity contribution in [1.82, 2.24) is 5.32 Å². The Morgan fingerprint density at radius 2 is 1.80 bits per heavy atom. The van der Waals surface area contributed by atoms with Gasteiger partial charge in [0.05, 0.1) is 19.5 Å². The van der Waals surface area contributed by atoms with Crippen molar-refractivity contribution in [3.63, 3.8) is 0 Å². The zero-order chi connectivity index (χ0) is 21.8. The maximum absolute atomic E-state index is 12.9. The Balaban J connectivity index is 1.80. The van der Waals surface area contributed by atoms with Gasteiger partial charge in [-0.25, -0.2) is 0 Å². The second kappa shape index (κ2) is 9.06. The third-order valence-corrected chi connectivity index (χ3v) is 6.25. The van der Waals surface area contributed by atoms with E-state index < -0.39 is 16.0 Å². The summed E-state index contributed by atoms with van der Waals surface area (Å²) in [5.74, 6) is -0.271. The summed E-state index contributed by atoms with van der Waals surface area (Å²) in [5, 5.41) is 13.1. The second-order valence-corrected chi connectivity index (χ2v) is 9.28. The molecule has 0 radical (unpaired) electrons. The lowest BCUT2D eigenvalue weighted by Gasteiger charge is -2.40. The van der Waals surface area contributed by atoms with Gasteiger partial charge in [0.2, 0.25) is 0 Å². The van der Waals surface area contributed by atoms with Gasteiger partial charge in [0, 0.05) is 12.0 Å². The molecular formula is C22H27NO6S. The summed E-state index contributed by atoms with van der Waals surface area (Å²) in [4.78, 5) is 12.9. The Morgan fingerprint density at radius 1 is 1.13 bits per heavy atom. The van der Waals surface area contributed by atoms with Crippen LogP contribution in [0, 0.1) is 0 Å². The Morgan fingerprint density at radius 3 is 2.40 bits per heavy atom. The van der Waals surface area contributed by atoms with Crippen molar-refractivity contribution in [3.8, 4) is 11.5 Å². The first kappa shape index (κ1) is 22.1. The van der Waals surface area contributed by atoms with Crippen molar-refractivity contribution >= 4 is 16.0 Å². The van der Waals surface area contributed by atoms with Crippen LogP contribution in [0.3, 0.4) is 0 Å². The van der Waals surface area contributed by atoms with E-state index in [2.05, 4.69) is 5.32 Å². The molecular weight excluding hydrogens is 406 g/mol. The minimum atomic E-state index is -3.51. The van der Waals surface area contributed by atoms with Crippen LogP contribution in [0.15, 0.2) is 48.5 Å². The lowest BCUT2D eigenvalue weighted by molar-refractivity contribution is 0.0905. The fourth-order valence-electron chi connectivity index (χ4n) is 4.10. The van der Waals surface area contributed by atoms with Gasteiger partial charge in [0.1, 0.15) is 17.1 Å². The average Bonchev–Trinajstić information content (AvgIpc) is 2.72. The highest BCUT2D eigenvalue weighted by Crippen LogP contribution is 2.40. The molecule has 2 aromatic carbocycles. The molecule has 0 atom stereocenters. The number of amides is 1. The molecule has 7 nitrogen and oxygen atoms in total. The number of hydrogen-bond donors (Lipinski definition) is 2. The van der Waals surface area contributed by atoms with E-state index in [1.54, 1.807) is 12.1 Å². The van der Waals surface area contributed by atoms with Crippen molar-refractivity contribution in [2.45, 2.75) is 37.2 Å². The lowest BCUT2D eigenvalue weighted by Crippen LogP contribution is -2.44. The Bertz CT molecular complexity index is 982. The van der Waals surface area contributed by atoms with Gasteiger partial charge in [-0.1, -0.05) is 36.4 Å². The number of nitrogens with one attached hydrogen (secondary N) is 1. The molecule has 0 bridgehead atoms. The maximum atomic E-state index is 12.9. The number of rotatable bonds is 7. The number of carbonyl (C=O) groups is 1. The van der Waals surface area contributed by atoms with Crippen LogP contribution in [0.5, 0.6) is 11.5 Å². The van der Waals surface area contributed by atoms with Crippen LogP contribution in [0.4, 0.5) is 0 Å². The molecule has 1 fully saturated rings. The van der Waals surface area contributed by atoms with Crippen LogP contribution in [0.25, 0.3) is 0 Å². The summed E-state index contributed by atoms with van der Waals surface area (Å²) in [6, 6.07) is 14.5. The third-order valence-electron chi connectivity index (χ3n) is 5.63. The van der Waals surface area contributed by atoms with Gasteiger partial charge < -0.3 is 15.2 Å². The van der Waals surface area contributed by atoms with Gasteiger partial charge in [-0.2, -0.15) is 8.42 Å². The highest BCUT2D eigenvalue weighted by molar-refractivity contribution is 7.86. The fourth-order valence-corrected chi connectivity index (χ4v) is 4.79. The largest absolute Gasteiger partial charge is 0.507 e. The van der Waals surface area contributed by atoms with E-state index in [1.807, 2.05) is 30.3 Å². The van der Waals surface area contributed by atoms with E-state index in [0.29, 0.717) is 38.0 Å². The Kier molecular flexibility index (Phi) is 6.67. The molecule has 0 aromatic heterocycles. The summed E-state index contributed by atoms with van der Waals surface area (Å²) in [6.07, 6.45) is 3.16. The van der Waals surface area contributed by atoms with E-state index >= 15 is 0 Å². The molecule has 0 heterocycles. The quantitative estimate of drug-likeness (QED) is 0.651. The number of aromatic hydroxyl groups is 1. The normalized spacial score (nSPS) is 21.7. The monoisotopic (exact) mass is 433 g/mol. The number of phenols is 1. The van der Waals surface area contributed by atoms with Crippen molar-refractivity contribution < 1.29 is 27.2 Å². The first-order chi connectivity index (χ1) is 14.2. The zero-order valence-corrected chi connectivity index (χ0v) is 17.9. The molecule has 0 saturated heterocycles. The summed E-state index contributed by atoms with van der Waals surface area (Å²) in [5.41, 5.74) is 0.816. The van der Waals surface area contributed by atoms with Crippen LogP contribution in [-0.4, -0.2) is 45.4 Å². The predicted octanol–water partition coefficient (Wildman–Crippen LogP) is 2.99. The number of phenolic OH excluding ortho intramolecular Hbond substituents is 1. The number of hydrogen-bond acceptors (Lipinski definition) is 6. The summed E-state index contributed by atoms with van der Waals surface area (Å²) in [7, 11) is -2.07. The molecule has 162 valence electrons. The second-order valence-electron chi connectivity index (χ2n) is 7.68. The van der Waals surface area contributed by atoms with Gasteiger partial charge in [0.15, 0.2) is 0 Å². The fraction of sp³-hybridized carbons (Fsp3) is 0.409. The smallest absolute Gasteiger partial charge is 0.264 e. The van der Waals surface area contributed by atoms with Crippen LogP contribution < -0.4 is 10.1 Å². The maximum Gasteiger partial charge on any atom is 0.264 e. The van der Waals surface area contributed by atoms with Gasteiger partial charge in [-0.15, -0.1) is 0 Å². The number of ether oxygens (including phenoxy) is 1. The van der Waals surface area contributed by atoms with E-state index in [1.165, 1.54) is 13.2 Å². The van der Waals surface area contributed by atoms with E-state index in [0.717, 1.165) is 11.8 Å². The molecule has 0 aliphatic heterocycles. The molecule has 8 heteroatoms. The minimum absolute atomic E-state index is 0.0947. The Labute approximate surface area is 177 Å². The van der Waals surface area contributed by atoms with Crippen molar-refractivity contribution in [2.24, 2.45) is 0 Å². The van der Waals surface area contributed by atoms with E-state index in [4.69, 9.17) is 8.92 Å². The number of carbonyl (C=O) groups excluding carboxylic acids is 1. The lowest BCUT2D eigenvalue weighted by atomic mass is 9.68. The topological polar surface area (TPSA) is 102 Å². The highest BCUT2D eigenvalue weighted by atomic mass is 32.2. The average molecular weight is 434 g/mol. The summed E-state index contributed by atoms with van der Waals surface area (Å²) in [6.45, 7) is 0.346. The summed E-state index contributed by atoms with van der Waals surface area (Å²) >= 11 is 0. The van der Waals surface area contributed by atoms with Crippen molar-refractivity contribution in [1.29, 1.82) is 0 Å². The number of benzene rings is 2. The molecule has 2 N–H and O–H groups in total. The minimum Gasteiger partial charge on any atom is -0.507 e. The van der Waals surface area contributed by atoms with Crippen LogP contribution >= 0.6 is 0 Å². The zero-order valence-electron chi connectivity index (χ0n) is 17.1. The van der Waals surface area contributed by atoms with Gasteiger partial charge in [-0.3, -0.25) is 8.98 Å². The molecule has 0 unspecified atom stereocenters. The first-order valence-electron chi connectivity index (χ1n) is 9.82. The van der Waals surface area contributed by atoms with Crippen LogP contribution in [0.1, 0.15) is 41.6 Å². The van der Waals surface area contributed by atoms with Crippen LogP contribution in [-0.2, 0) is 19.7 Å². The van der Waals surface area contributed by atoms with Gasteiger partial charge in [-0.05, 0) is 43.4 Å². The van der Waals surface area contributed by atoms with Crippen LogP contribution in [0.2, 0.25) is 0 Å². The molecule has 1 amide bonds. The third kappa shape index (κ3) is 5.12. The molecule has 3 rings (SSSR count). The highest BCUT2D eigenvalue weighted by Gasteiger charge is 2.38. The predicted molar refractivity (Wildman–Crippen MR) is 113 cm³/mol. The summed E-state index contributed by atoms with van der Waals surface area (Å²) < 4.78 is 33.4. The van der Waals surface area contributed by atoms with E-state index in [-0.39, 0.29) is 22.8 Å². The molecule has 30 heavy (non-hydrogen) atoms. The molecule has 2 aromatic rings. The van der Waals surface area contributed by atoms with Crippen molar-refractivity contribution in [3.05, 3.63) is 59.7 Å². The molecule has 1 saturated carbocycles. The van der Waals surface area contributed by atoms with E-state index in [9.17, 15) is 18.3 Å². The van der Waals surface area contributed by atoms with Crippen molar-refractivity contribution in [2.75, 3.05) is 19.9 Å². The first-order valence-corrected chi connectivity index (χ1v) is 11.6. The Hall–Kier alpha value is -2.58. The molecule has 1 aliphatic rings. The standard InChI is InChI=1S/C22H27NO6S/c1-28-19-10-6-9-18(24)20(19)21(25)23-15-22(16-7-4-3-5-8-16)13-11-17(12-14-22)29-30(2,26)27/h3-10,17,24H,11-15H2,1-2H3,(H,23,25)/t17-,22+. The molecule has 1 aliphatic carbocycles. The molecule has 0 spiro atoms.